The van der Waals surface area contributed by atoms with Crippen molar-refractivity contribution in [2.45, 2.75) is 63.5 Å². The molecule has 2 aliphatic rings. The number of para-hydroxylation sites is 2. The third-order valence-corrected chi connectivity index (χ3v) is 5.08. The van der Waals surface area contributed by atoms with Gasteiger partial charge in [0.2, 0.25) is 0 Å². The lowest BCUT2D eigenvalue weighted by molar-refractivity contribution is 0.148. The van der Waals surface area contributed by atoms with Gasteiger partial charge in [-0.3, -0.25) is 0 Å². The quantitative estimate of drug-likeness (QED) is 0.783. The van der Waals surface area contributed by atoms with Crippen molar-refractivity contribution >= 4 is 0 Å². The van der Waals surface area contributed by atoms with E-state index in [0.717, 1.165) is 24.5 Å². The number of hydrogen-bond acceptors (Lipinski definition) is 3. The molecule has 1 saturated heterocycles. The standard InChI is InChI=1S/C19H29NO2/c1-20-14-7-6-8-16(20)13-15-21-18-11-4-5-12-19(18)22-17-9-2-3-10-17/h4-5,11-12,16-17H,2-3,6-10,13-15H2,1H3. The highest BCUT2D eigenvalue weighted by Gasteiger charge is 2.20. The number of piperidine rings is 1. The van der Waals surface area contributed by atoms with Gasteiger partial charge in [0.15, 0.2) is 11.5 Å². The first-order valence-corrected chi connectivity index (χ1v) is 8.91. The van der Waals surface area contributed by atoms with Gasteiger partial charge in [-0.2, -0.15) is 0 Å². The average Bonchev–Trinajstić information content (AvgIpc) is 3.04. The Morgan fingerprint density at radius 2 is 1.73 bits per heavy atom. The molecule has 1 unspecified atom stereocenters. The lowest BCUT2D eigenvalue weighted by Crippen LogP contribution is -2.37. The molecule has 1 aromatic carbocycles. The minimum atomic E-state index is 0.384. The first-order valence-electron chi connectivity index (χ1n) is 8.91. The molecule has 1 aliphatic heterocycles. The monoisotopic (exact) mass is 303 g/mol. The highest BCUT2D eigenvalue weighted by Crippen LogP contribution is 2.31. The maximum atomic E-state index is 6.13. The summed E-state index contributed by atoms with van der Waals surface area (Å²) in [5, 5.41) is 0. The molecule has 0 radical (unpaired) electrons. The van der Waals surface area contributed by atoms with Crippen molar-refractivity contribution in [1.29, 1.82) is 0 Å². The van der Waals surface area contributed by atoms with Gasteiger partial charge in [-0.1, -0.05) is 18.6 Å². The van der Waals surface area contributed by atoms with E-state index in [2.05, 4.69) is 11.9 Å². The van der Waals surface area contributed by atoms with E-state index in [1.165, 1.54) is 51.5 Å². The Hall–Kier alpha value is -1.22. The molecular weight excluding hydrogens is 274 g/mol. The lowest BCUT2D eigenvalue weighted by atomic mass is 10.0. The molecule has 0 bridgehead atoms. The molecule has 0 amide bonds. The second-order valence-electron chi connectivity index (χ2n) is 6.74. The van der Waals surface area contributed by atoms with Crippen LogP contribution in [0.2, 0.25) is 0 Å². The molecule has 22 heavy (non-hydrogen) atoms. The Kier molecular flexibility index (Phi) is 5.60. The van der Waals surface area contributed by atoms with Crippen molar-refractivity contribution in [1.82, 2.24) is 4.90 Å². The summed E-state index contributed by atoms with van der Waals surface area (Å²) in [5.41, 5.74) is 0. The Morgan fingerprint density at radius 1 is 1.00 bits per heavy atom. The second-order valence-corrected chi connectivity index (χ2v) is 6.74. The van der Waals surface area contributed by atoms with Crippen LogP contribution >= 0.6 is 0 Å². The van der Waals surface area contributed by atoms with Crippen LogP contribution in [0.1, 0.15) is 51.4 Å². The smallest absolute Gasteiger partial charge is 0.161 e. The van der Waals surface area contributed by atoms with Crippen molar-refractivity contribution in [2.75, 3.05) is 20.2 Å². The molecule has 1 saturated carbocycles. The van der Waals surface area contributed by atoms with Crippen molar-refractivity contribution < 1.29 is 9.47 Å². The fourth-order valence-electron chi connectivity index (χ4n) is 3.67. The summed E-state index contributed by atoms with van der Waals surface area (Å²) in [7, 11) is 2.24. The summed E-state index contributed by atoms with van der Waals surface area (Å²) in [6, 6.07) is 8.82. The fourth-order valence-corrected chi connectivity index (χ4v) is 3.67. The van der Waals surface area contributed by atoms with Crippen LogP contribution in [0.15, 0.2) is 24.3 Å². The normalized spacial score (nSPS) is 23.6. The van der Waals surface area contributed by atoms with Crippen LogP contribution in [0.3, 0.4) is 0 Å². The average molecular weight is 303 g/mol. The number of rotatable bonds is 6. The van der Waals surface area contributed by atoms with Crippen LogP contribution in [-0.2, 0) is 0 Å². The first kappa shape index (κ1) is 15.7. The molecule has 2 fully saturated rings. The van der Waals surface area contributed by atoms with Crippen molar-refractivity contribution in [3.05, 3.63) is 24.3 Å². The van der Waals surface area contributed by atoms with Crippen LogP contribution < -0.4 is 9.47 Å². The highest BCUT2D eigenvalue weighted by molar-refractivity contribution is 5.39. The summed E-state index contributed by atoms with van der Waals surface area (Å²) >= 11 is 0. The summed E-state index contributed by atoms with van der Waals surface area (Å²) in [6.07, 6.45) is 10.4. The van der Waals surface area contributed by atoms with Gasteiger partial charge in [0.25, 0.3) is 0 Å². The lowest BCUT2D eigenvalue weighted by Gasteiger charge is -2.32. The highest BCUT2D eigenvalue weighted by atomic mass is 16.5. The van der Waals surface area contributed by atoms with Crippen LogP contribution in [0.5, 0.6) is 11.5 Å². The summed E-state index contributed by atoms with van der Waals surface area (Å²) in [6.45, 7) is 2.01. The Labute approximate surface area is 134 Å². The summed E-state index contributed by atoms with van der Waals surface area (Å²) in [4.78, 5) is 2.48. The third kappa shape index (κ3) is 4.16. The molecule has 1 atom stereocenters. The van der Waals surface area contributed by atoms with Crippen molar-refractivity contribution in [3.63, 3.8) is 0 Å². The number of hydrogen-bond donors (Lipinski definition) is 0. The molecule has 3 rings (SSSR count). The number of nitrogens with zero attached hydrogens (tertiary/aromatic N) is 1. The Bertz CT molecular complexity index is 457. The summed E-state index contributed by atoms with van der Waals surface area (Å²) in [5.74, 6) is 1.83. The van der Waals surface area contributed by atoms with E-state index in [4.69, 9.17) is 9.47 Å². The Balaban J connectivity index is 1.51. The van der Waals surface area contributed by atoms with Crippen LogP contribution in [-0.4, -0.2) is 37.2 Å². The summed E-state index contributed by atoms with van der Waals surface area (Å²) < 4.78 is 12.2. The predicted molar refractivity (Wildman–Crippen MR) is 89.7 cm³/mol. The van der Waals surface area contributed by atoms with Crippen LogP contribution in [0.4, 0.5) is 0 Å². The van der Waals surface area contributed by atoms with Gasteiger partial charge in [-0.05, 0) is 70.7 Å². The maximum Gasteiger partial charge on any atom is 0.161 e. The van der Waals surface area contributed by atoms with Crippen LogP contribution in [0.25, 0.3) is 0 Å². The number of likely N-dealkylation sites (tertiary alicyclic amines) is 1. The van der Waals surface area contributed by atoms with Crippen molar-refractivity contribution in [2.24, 2.45) is 0 Å². The van der Waals surface area contributed by atoms with Gasteiger partial charge >= 0.3 is 0 Å². The zero-order valence-corrected chi connectivity index (χ0v) is 13.8. The topological polar surface area (TPSA) is 21.7 Å². The molecule has 122 valence electrons. The molecule has 1 heterocycles. The van der Waals surface area contributed by atoms with E-state index in [1.807, 2.05) is 24.3 Å². The van der Waals surface area contributed by atoms with E-state index < -0.39 is 0 Å². The molecule has 1 aromatic rings. The van der Waals surface area contributed by atoms with E-state index in [0.29, 0.717) is 12.1 Å². The second kappa shape index (κ2) is 7.87. The molecule has 0 spiro atoms. The molecular formula is C19H29NO2. The number of benzene rings is 1. The van der Waals surface area contributed by atoms with E-state index in [9.17, 15) is 0 Å². The zero-order chi connectivity index (χ0) is 15.2. The zero-order valence-electron chi connectivity index (χ0n) is 13.8. The van der Waals surface area contributed by atoms with E-state index >= 15 is 0 Å². The molecule has 3 heteroatoms. The predicted octanol–water partition coefficient (Wildman–Crippen LogP) is 4.26. The molecule has 1 aliphatic carbocycles. The van der Waals surface area contributed by atoms with Gasteiger partial charge in [-0.15, -0.1) is 0 Å². The van der Waals surface area contributed by atoms with Gasteiger partial charge < -0.3 is 14.4 Å². The van der Waals surface area contributed by atoms with Gasteiger partial charge in [-0.25, -0.2) is 0 Å². The maximum absolute atomic E-state index is 6.13. The number of ether oxygens (including phenoxy) is 2. The van der Waals surface area contributed by atoms with Crippen molar-refractivity contribution in [3.8, 4) is 11.5 Å². The van der Waals surface area contributed by atoms with E-state index in [-0.39, 0.29) is 0 Å². The molecule has 0 N–H and O–H groups in total. The van der Waals surface area contributed by atoms with Gasteiger partial charge in [0, 0.05) is 6.04 Å². The largest absolute Gasteiger partial charge is 0.490 e. The molecule has 0 aromatic heterocycles. The third-order valence-electron chi connectivity index (χ3n) is 5.08. The van der Waals surface area contributed by atoms with Gasteiger partial charge in [0.1, 0.15) is 0 Å². The van der Waals surface area contributed by atoms with E-state index in [1.54, 1.807) is 0 Å². The SMILES string of the molecule is CN1CCCCC1CCOc1ccccc1OC1CCCC1. The fraction of sp³-hybridized carbons (Fsp3) is 0.684. The van der Waals surface area contributed by atoms with Crippen LogP contribution in [0, 0.1) is 0 Å². The minimum Gasteiger partial charge on any atom is -0.490 e. The van der Waals surface area contributed by atoms with Gasteiger partial charge in [0.05, 0.1) is 12.7 Å². The Morgan fingerprint density at radius 3 is 2.50 bits per heavy atom. The minimum absolute atomic E-state index is 0.384. The first-order chi connectivity index (χ1) is 10.8. The molecule has 3 nitrogen and oxygen atoms in total.